The van der Waals surface area contributed by atoms with Crippen molar-refractivity contribution in [3.05, 3.63) is 5.69 Å². The number of nitrogens with zero attached hydrogens (tertiary/aromatic N) is 3. The summed E-state index contributed by atoms with van der Waals surface area (Å²) in [6, 6.07) is 0. The van der Waals surface area contributed by atoms with Gasteiger partial charge in [-0.2, -0.15) is 0 Å². The highest BCUT2D eigenvalue weighted by Crippen LogP contribution is 2.17. The Morgan fingerprint density at radius 1 is 1.64 bits per heavy atom. The number of hydrogen-bond donors (Lipinski definition) is 2. The average molecular weight is 216 g/mol. The number of anilines is 1. The van der Waals surface area contributed by atoms with Gasteiger partial charge in [0.25, 0.3) is 0 Å². The molecule has 1 heterocycles. The molecule has 0 bridgehead atoms. The molecule has 1 rings (SSSR count). The average Bonchev–Trinajstić information content (AvgIpc) is 2.50. The first-order valence-electron chi connectivity index (χ1n) is 4.49. The molecule has 6 heteroatoms. The second-order valence-electron chi connectivity index (χ2n) is 3.34. The quantitative estimate of drug-likeness (QED) is 0.745. The monoisotopic (exact) mass is 216 g/mol. The lowest BCUT2D eigenvalue weighted by Gasteiger charge is -2.17. The summed E-state index contributed by atoms with van der Waals surface area (Å²) in [4.78, 5) is 2.02. The zero-order valence-corrected chi connectivity index (χ0v) is 9.51. The number of likely N-dealkylation sites (N-methyl/N-ethyl adjacent to an activating group) is 1. The summed E-state index contributed by atoms with van der Waals surface area (Å²) < 4.78 is 3.87. The van der Waals surface area contributed by atoms with Crippen molar-refractivity contribution in [3.63, 3.8) is 0 Å². The maximum atomic E-state index is 9.19. The van der Waals surface area contributed by atoms with Gasteiger partial charge in [0.2, 0.25) is 0 Å². The fourth-order valence-electron chi connectivity index (χ4n) is 1.27. The molecule has 0 aliphatic rings. The largest absolute Gasteiger partial charge is 0.392 e. The minimum absolute atomic E-state index is 0.315. The van der Waals surface area contributed by atoms with Crippen LogP contribution in [0.5, 0.6) is 0 Å². The van der Waals surface area contributed by atoms with Crippen molar-refractivity contribution in [2.24, 2.45) is 0 Å². The standard InChI is InChI=1S/C8H16N4OS/c1-6(13)4-12(3)5-7-8(9-2)14-11-10-7/h6,9,13H,4-5H2,1-3H3. The van der Waals surface area contributed by atoms with Gasteiger partial charge < -0.3 is 10.4 Å². The van der Waals surface area contributed by atoms with E-state index in [9.17, 15) is 5.11 Å². The minimum Gasteiger partial charge on any atom is -0.392 e. The Hall–Kier alpha value is -0.720. The van der Waals surface area contributed by atoms with Crippen molar-refractivity contribution in [1.29, 1.82) is 0 Å². The lowest BCUT2D eigenvalue weighted by molar-refractivity contribution is 0.138. The molecule has 0 amide bonds. The van der Waals surface area contributed by atoms with Crippen molar-refractivity contribution in [1.82, 2.24) is 14.5 Å². The molecule has 80 valence electrons. The molecule has 1 aromatic heterocycles. The fraction of sp³-hybridized carbons (Fsp3) is 0.750. The minimum atomic E-state index is -0.315. The number of aromatic nitrogens is 2. The first-order valence-corrected chi connectivity index (χ1v) is 5.26. The van der Waals surface area contributed by atoms with Gasteiger partial charge in [0.15, 0.2) is 0 Å². The van der Waals surface area contributed by atoms with Crippen LogP contribution in [0.15, 0.2) is 0 Å². The normalized spacial score (nSPS) is 13.2. The maximum Gasteiger partial charge on any atom is 0.134 e. The zero-order chi connectivity index (χ0) is 10.6. The van der Waals surface area contributed by atoms with E-state index in [0.717, 1.165) is 10.7 Å². The second kappa shape index (κ2) is 5.23. The molecule has 0 aliphatic heterocycles. The van der Waals surface area contributed by atoms with Crippen LogP contribution in [0, 0.1) is 0 Å². The first kappa shape index (κ1) is 11.4. The summed E-state index contributed by atoms with van der Waals surface area (Å²) in [7, 11) is 3.80. The van der Waals surface area contributed by atoms with E-state index in [4.69, 9.17) is 0 Å². The molecule has 0 saturated heterocycles. The van der Waals surface area contributed by atoms with Gasteiger partial charge in [-0.1, -0.05) is 4.49 Å². The molecule has 1 atom stereocenters. The van der Waals surface area contributed by atoms with Gasteiger partial charge >= 0.3 is 0 Å². The number of aliphatic hydroxyl groups excluding tert-OH is 1. The van der Waals surface area contributed by atoms with E-state index in [0.29, 0.717) is 13.1 Å². The molecule has 14 heavy (non-hydrogen) atoms. The third-order valence-corrected chi connectivity index (χ3v) is 2.56. The van der Waals surface area contributed by atoms with Crippen molar-refractivity contribution in [2.75, 3.05) is 26.0 Å². The first-order chi connectivity index (χ1) is 6.63. The lowest BCUT2D eigenvalue weighted by atomic mass is 10.3. The molecular weight excluding hydrogens is 200 g/mol. The Morgan fingerprint density at radius 2 is 2.36 bits per heavy atom. The van der Waals surface area contributed by atoms with Crippen LogP contribution in [-0.4, -0.2) is 46.3 Å². The van der Waals surface area contributed by atoms with Crippen molar-refractivity contribution >= 4 is 16.5 Å². The van der Waals surface area contributed by atoms with Crippen LogP contribution in [-0.2, 0) is 6.54 Å². The zero-order valence-electron chi connectivity index (χ0n) is 8.69. The van der Waals surface area contributed by atoms with Gasteiger partial charge in [-0.25, -0.2) is 0 Å². The van der Waals surface area contributed by atoms with Gasteiger partial charge in [0, 0.05) is 31.7 Å². The Labute approximate surface area is 87.9 Å². The summed E-state index contributed by atoms with van der Waals surface area (Å²) in [6.45, 7) is 3.12. The SMILES string of the molecule is CNc1snnc1CN(C)CC(C)O. The van der Waals surface area contributed by atoms with Crippen LogP contribution in [0.25, 0.3) is 0 Å². The van der Waals surface area contributed by atoms with Gasteiger partial charge in [-0.3, -0.25) is 4.90 Å². The molecule has 5 nitrogen and oxygen atoms in total. The molecule has 0 saturated carbocycles. The van der Waals surface area contributed by atoms with Crippen LogP contribution < -0.4 is 5.32 Å². The van der Waals surface area contributed by atoms with E-state index in [2.05, 4.69) is 14.9 Å². The van der Waals surface area contributed by atoms with E-state index >= 15 is 0 Å². The molecule has 0 aliphatic carbocycles. The molecular formula is C8H16N4OS. The maximum absolute atomic E-state index is 9.19. The van der Waals surface area contributed by atoms with Crippen LogP contribution in [0.1, 0.15) is 12.6 Å². The predicted molar refractivity (Wildman–Crippen MR) is 57.5 cm³/mol. The molecule has 0 radical (unpaired) electrons. The predicted octanol–water partition coefficient (Wildman–Crippen LogP) is 0.392. The summed E-state index contributed by atoms with van der Waals surface area (Å²) in [6.07, 6.45) is -0.315. The van der Waals surface area contributed by atoms with Crippen LogP contribution in [0.3, 0.4) is 0 Å². The molecule has 1 unspecified atom stereocenters. The smallest absolute Gasteiger partial charge is 0.134 e. The highest BCUT2D eigenvalue weighted by molar-refractivity contribution is 7.10. The molecule has 1 aromatic rings. The van der Waals surface area contributed by atoms with Gasteiger partial charge in [0.1, 0.15) is 10.7 Å². The van der Waals surface area contributed by atoms with E-state index in [1.54, 1.807) is 6.92 Å². The van der Waals surface area contributed by atoms with Gasteiger partial charge in [-0.05, 0) is 14.0 Å². The van der Waals surface area contributed by atoms with E-state index in [1.165, 1.54) is 11.5 Å². The Bertz CT molecular complexity index is 276. The molecule has 2 N–H and O–H groups in total. The topological polar surface area (TPSA) is 61.3 Å². The van der Waals surface area contributed by atoms with Gasteiger partial charge in [-0.15, -0.1) is 5.10 Å². The Balaban J connectivity index is 2.51. The number of hydrogen-bond acceptors (Lipinski definition) is 6. The highest BCUT2D eigenvalue weighted by Gasteiger charge is 2.10. The molecule has 0 fully saturated rings. The Morgan fingerprint density at radius 3 is 2.93 bits per heavy atom. The van der Waals surface area contributed by atoms with Crippen molar-refractivity contribution in [2.45, 2.75) is 19.6 Å². The fourth-order valence-corrected chi connectivity index (χ4v) is 1.80. The van der Waals surface area contributed by atoms with Crippen molar-refractivity contribution in [3.8, 4) is 0 Å². The summed E-state index contributed by atoms with van der Waals surface area (Å²) in [5, 5.41) is 17.2. The van der Waals surface area contributed by atoms with E-state index < -0.39 is 0 Å². The summed E-state index contributed by atoms with van der Waals surface area (Å²) >= 11 is 1.35. The lowest BCUT2D eigenvalue weighted by Crippen LogP contribution is -2.27. The number of aliphatic hydroxyl groups is 1. The van der Waals surface area contributed by atoms with Crippen LogP contribution in [0.2, 0.25) is 0 Å². The third-order valence-electron chi connectivity index (χ3n) is 1.78. The second-order valence-corrected chi connectivity index (χ2v) is 4.10. The number of nitrogens with one attached hydrogen (secondary N) is 1. The Kier molecular flexibility index (Phi) is 4.24. The van der Waals surface area contributed by atoms with Gasteiger partial charge in [0.05, 0.1) is 6.10 Å². The van der Waals surface area contributed by atoms with Crippen LogP contribution >= 0.6 is 11.5 Å². The molecule has 0 spiro atoms. The number of rotatable bonds is 5. The third kappa shape index (κ3) is 3.21. The van der Waals surface area contributed by atoms with Crippen LogP contribution in [0.4, 0.5) is 5.00 Å². The molecule has 0 aromatic carbocycles. The highest BCUT2D eigenvalue weighted by atomic mass is 32.1. The van der Waals surface area contributed by atoms with E-state index in [1.807, 2.05) is 19.0 Å². The summed E-state index contributed by atoms with van der Waals surface area (Å²) in [5.41, 5.74) is 0.931. The summed E-state index contributed by atoms with van der Waals surface area (Å²) in [5.74, 6) is 0. The van der Waals surface area contributed by atoms with E-state index in [-0.39, 0.29) is 6.10 Å². The van der Waals surface area contributed by atoms with Crippen molar-refractivity contribution < 1.29 is 5.11 Å².